The third kappa shape index (κ3) is 5.59. The summed E-state index contributed by atoms with van der Waals surface area (Å²) in [4.78, 5) is 15.2. The van der Waals surface area contributed by atoms with E-state index in [-0.39, 0.29) is 28.8 Å². The maximum absolute atomic E-state index is 13.8. The van der Waals surface area contributed by atoms with Crippen molar-refractivity contribution in [2.45, 2.75) is 51.9 Å². The number of hydrogen-bond acceptors (Lipinski definition) is 5. The highest BCUT2D eigenvalue weighted by Crippen LogP contribution is 2.30. The first kappa shape index (κ1) is 25.0. The number of rotatable bonds is 7. The van der Waals surface area contributed by atoms with Crippen molar-refractivity contribution in [1.29, 1.82) is 0 Å². The molecule has 0 aliphatic carbocycles. The molecule has 186 valence electrons. The lowest BCUT2D eigenvalue weighted by Crippen LogP contribution is -2.46. The van der Waals surface area contributed by atoms with Crippen LogP contribution in [0.25, 0.3) is 0 Å². The Kier molecular flexibility index (Phi) is 7.31. The number of aryl methyl sites for hydroxylation is 4. The van der Waals surface area contributed by atoms with Crippen LogP contribution < -0.4 is 4.31 Å². The minimum absolute atomic E-state index is 0.0195. The monoisotopic (exact) mass is 495 g/mol. The fraction of sp³-hybridized carbons (Fsp3) is 0.407. The van der Waals surface area contributed by atoms with Gasteiger partial charge >= 0.3 is 0 Å². The van der Waals surface area contributed by atoms with Crippen molar-refractivity contribution in [3.8, 4) is 0 Å². The number of amides is 1. The number of carbonyl (C=O) groups excluding carboxylic acids is 1. The Bertz CT molecular complexity index is 1250. The lowest BCUT2D eigenvalue weighted by molar-refractivity contribution is -0.130. The van der Waals surface area contributed by atoms with E-state index in [0.29, 0.717) is 24.7 Å². The molecule has 0 unspecified atom stereocenters. The zero-order valence-corrected chi connectivity index (χ0v) is 21.6. The van der Waals surface area contributed by atoms with Crippen LogP contribution in [0.15, 0.2) is 57.9 Å². The van der Waals surface area contributed by atoms with Gasteiger partial charge in [0, 0.05) is 13.1 Å². The summed E-state index contributed by atoms with van der Waals surface area (Å²) >= 11 is 0. The van der Waals surface area contributed by atoms with E-state index >= 15 is 0 Å². The Labute approximate surface area is 207 Å². The van der Waals surface area contributed by atoms with Gasteiger partial charge < -0.3 is 9.42 Å². The molecule has 8 heteroatoms. The summed E-state index contributed by atoms with van der Waals surface area (Å²) in [7, 11) is -4.06. The molecule has 0 N–H and O–H groups in total. The van der Waals surface area contributed by atoms with Crippen LogP contribution in [-0.4, -0.2) is 44.0 Å². The van der Waals surface area contributed by atoms with Gasteiger partial charge in [-0.3, -0.25) is 9.10 Å². The molecule has 1 aliphatic heterocycles. The molecule has 35 heavy (non-hydrogen) atoms. The number of nitrogens with zero attached hydrogens (tertiary/aromatic N) is 3. The van der Waals surface area contributed by atoms with Gasteiger partial charge in [-0.05, 0) is 81.7 Å². The fourth-order valence-electron chi connectivity index (χ4n) is 4.92. The minimum Gasteiger partial charge on any atom is -0.360 e. The molecule has 1 saturated heterocycles. The number of benzene rings is 2. The van der Waals surface area contributed by atoms with Crippen LogP contribution in [0.5, 0.6) is 0 Å². The van der Waals surface area contributed by atoms with Gasteiger partial charge in [0.1, 0.15) is 12.2 Å². The van der Waals surface area contributed by atoms with E-state index < -0.39 is 10.0 Å². The third-order valence-corrected chi connectivity index (χ3v) is 8.64. The molecule has 2 heterocycles. The topological polar surface area (TPSA) is 83.7 Å². The van der Waals surface area contributed by atoms with Crippen molar-refractivity contribution in [3.05, 3.63) is 76.7 Å². The van der Waals surface area contributed by atoms with Crippen LogP contribution in [0.4, 0.5) is 5.69 Å². The van der Waals surface area contributed by atoms with E-state index in [1.165, 1.54) is 9.87 Å². The highest BCUT2D eigenvalue weighted by molar-refractivity contribution is 7.93. The van der Waals surface area contributed by atoms with Gasteiger partial charge in [-0.15, -0.1) is 0 Å². The second-order valence-corrected chi connectivity index (χ2v) is 11.3. The molecule has 7 nitrogen and oxygen atoms in total. The van der Waals surface area contributed by atoms with Crippen LogP contribution in [-0.2, 0) is 21.2 Å². The number of hydrogen-bond donors (Lipinski definition) is 0. The average Bonchev–Trinajstić information content (AvgIpc) is 3.16. The Balaban J connectivity index is 1.54. The normalized spacial score (nSPS) is 14.8. The van der Waals surface area contributed by atoms with Gasteiger partial charge in [-0.1, -0.05) is 41.6 Å². The average molecular weight is 496 g/mol. The summed E-state index contributed by atoms with van der Waals surface area (Å²) in [6.45, 7) is 7.99. The van der Waals surface area contributed by atoms with Gasteiger partial charge in [-0.2, -0.15) is 0 Å². The lowest BCUT2D eigenvalue weighted by Gasteiger charge is -2.34. The maximum Gasteiger partial charge on any atom is 0.270 e. The molecule has 0 radical (unpaired) electrons. The SMILES string of the molecule is Cc1cc(C)cc(N(CC(=O)N2CCC(Cc3ccccc3)CC2)S(=O)(=O)c2c(C)noc2C)c1. The Hall–Kier alpha value is -3.13. The van der Waals surface area contributed by atoms with Crippen LogP contribution >= 0.6 is 0 Å². The van der Waals surface area contributed by atoms with Crippen molar-refractivity contribution in [2.75, 3.05) is 23.9 Å². The lowest BCUT2D eigenvalue weighted by atomic mass is 9.90. The van der Waals surface area contributed by atoms with E-state index in [9.17, 15) is 13.2 Å². The molecule has 0 atom stereocenters. The molecule has 0 saturated carbocycles. The number of carbonyl (C=O) groups is 1. The van der Waals surface area contributed by atoms with E-state index in [1.54, 1.807) is 30.9 Å². The Morgan fingerprint density at radius 1 is 1.03 bits per heavy atom. The predicted octanol–water partition coefficient (Wildman–Crippen LogP) is 4.58. The summed E-state index contributed by atoms with van der Waals surface area (Å²) in [5, 5.41) is 3.83. The number of piperidine rings is 1. The molecule has 1 fully saturated rings. The second kappa shape index (κ2) is 10.2. The van der Waals surface area contributed by atoms with Gasteiger partial charge in [0.15, 0.2) is 10.7 Å². The van der Waals surface area contributed by atoms with Crippen molar-refractivity contribution in [1.82, 2.24) is 10.1 Å². The maximum atomic E-state index is 13.8. The van der Waals surface area contributed by atoms with Gasteiger partial charge in [-0.25, -0.2) is 8.42 Å². The molecule has 0 spiro atoms. The first-order chi connectivity index (χ1) is 16.6. The first-order valence-electron chi connectivity index (χ1n) is 12.0. The number of sulfonamides is 1. The second-order valence-electron chi connectivity index (χ2n) is 9.52. The van der Waals surface area contributed by atoms with Crippen molar-refractivity contribution in [3.63, 3.8) is 0 Å². The summed E-state index contributed by atoms with van der Waals surface area (Å²) in [6, 6.07) is 16.0. The standard InChI is InChI=1S/C27H33N3O4S/c1-19-14-20(2)16-25(15-19)30(35(32,33)27-21(3)28-34-22(27)4)18-26(31)29-12-10-24(11-13-29)17-23-8-6-5-7-9-23/h5-9,14-16,24H,10-13,17-18H2,1-4H3. The summed E-state index contributed by atoms with van der Waals surface area (Å²) in [6.07, 6.45) is 2.81. The van der Waals surface area contributed by atoms with E-state index in [2.05, 4.69) is 29.4 Å². The van der Waals surface area contributed by atoms with E-state index in [1.807, 2.05) is 26.0 Å². The molecular formula is C27H33N3O4S. The minimum atomic E-state index is -4.06. The van der Waals surface area contributed by atoms with Crippen molar-refractivity contribution in [2.24, 2.45) is 5.92 Å². The predicted molar refractivity (Wildman–Crippen MR) is 136 cm³/mol. The van der Waals surface area contributed by atoms with Crippen LogP contribution in [0.1, 0.15) is 41.0 Å². The summed E-state index contributed by atoms with van der Waals surface area (Å²) < 4.78 is 33.9. The van der Waals surface area contributed by atoms with Crippen molar-refractivity contribution < 1.29 is 17.7 Å². The zero-order valence-electron chi connectivity index (χ0n) is 20.8. The zero-order chi connectivity index (χ0) is 25.2. The molecule has 1 amide bonds. The molecule has 1 aromatic heterocycles. The summed E-state index contributed by atoms with van der Waals surface area (Å²) in [5.74, 6) is 0.534. The molecule has 4 rings (SSSR count). The Morgan fingerprint density at radius 3 is 2.23 bits per heavy atom. The van der Waals surface area contributed by atoms with Gasteiger partial charge in [0.25, 0.3) is 10.0 Å². The third-order valence-electron chi connectivity index (χ3n) is 6.62. The molecule has 0 bridgehead atoms. The van der Waals surface area contributed by atoms with Gasteiger partial charge in [0.2, 0.25) is 5.91 Å². The molecule has 1 aliphatic rings. The number of anilines is 1. The van der Waals surface area contributed by atoms with Crippen LogP contribution in [0, 0.1) is 33.6 Å². The number of likely N-dealkylation sites (tertiary alicyclic amines) is 1. The largest absolute Gasteiger partial charge is 0.360 e. The van der Waals surface area contributed by atoms with Crippen LogP contribution in [0.2, 0.25) is 0 Å². The highest BCUT2D eigenvalue weighted by atomic mass is 32.2. The highest BCUT2D eigenvalue weighted by Gasteiger charge is 2.34. The summed E-state index contributed by atoms with van der Waals surface area (Å²) in [5.41, 5.74) is 3.91. The van der Waals surface area contributed by atoms with E-state index in [0.717, 1.165) is 30.4 Å². The fourth-order valence-corrected chi connectivity index (χ4v) is 6.61. The smallest absolute Gasteiger partial charge is 0.270 e. The van der Waals surface area contributed by atoms with Gasteiger partial charge in [0.05, 0.1) is 5.69 Å². The number of aromatic nitrogens is 1. The molecule has 3 aromatic rings. The molecule has 2 aromatic carbocycles. The van der Waals surface area contributed by atoms with Crippen LogP contribution in [0.3, 0.4) is 0 Å². The Morgan fingerprint density at radius 2 is 1.66 bits per heavy atom. The first-order valence-corrected chi connectivity index (χ1v) is 13.4. The quantitative estimate of drug-likeness (QED) is 0.479. The molecular weight excluding hydrogens is 462 g/mol. The van der Waals surface area contributed by atoms with E-state index in [4.69, 9.17) is 4.52 Å². The van der Waals surface area contributed by atoms with Crippen molar-refractivity contribution >= 4 is 21.6 Å².